The molecule has 0 unspecified atom stereocenters. The summed E-state index contributed by atoms with van der Waals surface area (Å²) in [5.74, 6) is 0.505. The van der Waals surface area contributed by atoms with Gasteiger partial charge in [-0.05, 0) is 37.0 Å². The van der Waals surface area contributed by atoms with Crippen LogP contribution in [0.1, 0.15) is 94.7 Å². The van der Waals surface area contributed by atoms with E-state index in [-0.39, 0.29) is 18.0 Å². The molecule has 0 radical (unpaired) electrons. The Morgan fingerprint density at radius 1 is 1.07 bits per heavy atom. The zero-order valence-electron chi connectivity index (χ0n) is 18.0. The van der Waals surface area contributed by atoms with Crippen LogP contribution in [0.25, 0.3) is 0 Å². The van der Waals surface area contributed by atoms with Crippen LogP contribution in [0.5, 0.6) is 0 Å². The fraction of sp³-hybridized carbons (Fsp3) is 0.609. The van der Waals surface area contributed by atoms with Crippen molar-refractivity contribution in [3.63, 3.8) is 0 Å². The summed E-state index contributed by atoms with van der Waals surface area (Å²) in [6, 6.07) is 6.92. The van der Waals surface area contributed by atoms with Gasteiger partial charge in [-0.25, -0.2) is 4.79 Å². The van der Waals surface area contributed by atoms with E-state index in [1.54, 1.807) is 24.3 Å². The van der Waals surface area contributed by atoms with Crippen molar-refractivity contribution in [2.75, 3.05) is 7.11 Å². The van der Waals surface area contributed by atoms with Crippen LogP contribution in [0, 0.1) is 5.92 Å². The minimum absolute atomic E-state index is 0.165. The summed E-state index contributed by atoms with van der Waals surface area (Å²) in [4.78, 5) is 30.9. The minimum Gasteiger partial charge on any atom is -0.465 e. The number of methoxy groups -OCH3 is 1. The van der Waals surface area contributed by atoms with Gasteiger partial charge in [0.15, 0.2) is 0 Å². The first-order valence-electron chi connectivity index (χ1n) is 10.3. The van der Waals surface area contributed by atoms with Crippen LogP contribution in [-0.4, -0.2) is 25.3 Å². The third kappa shape index (κ3) is 10.2. The van der Waals surface area contributed by atoms with E-state index >= 15 is 0 Å². The SMILES string of the molecule is CC.CC1CCCCC1.CC=O.COC(=O)c1ccc([C@@H]2CCC(=O)O2)cc1. The van der Waals surface area contributed by atoms with Gasteiger partial charge in [0, 0.05) is 6.42 Å². The predicted octanol–water partition coefficient (Wildman–Crippen LogP) is 5.67. The van der Waals surface area contributed by atoms with Gasteiger partial charge in [0.25, 0.3) is 0 Å². The highest BCUT2D eigenvalue weighted by Crippen LogP contribution is 2.29. The molecule has 28 heavy (non-hydrogen) atoms. The molecule has 5 heteroatoms. The fourth-order valence-electron chi connectivity index (χ4n) is 3.02. The average Bonchev–Trinajstić information content (AvgIpc) is 3.17. The molecule has 1 aromatic rings. The molecule has 2 aliphatic rings. The maximum absolute atomic E-state index is 11.2. The topological polar surface area (TPSA) is 69.7 Å². The van der Waals surface area contributed by atoms with Crippen molar-refractivity contribution in [1.82, 2.24) is 0 Å². The summed E-state index contributed by atoms with van der Waals surface area (Å²) in [6.45, 7) is 7.80. The number of benzene rings is 1. The second-order valence-corrected chi connectivity index (χ2v) is 6.61. The fourth-order valence-corrected chi connectivity index (χ4v) is 3.02. The van der Waals surface area contributed by atoms with Crippen molar-refractivity contribution >= 4 is 18.2 Å². The van der Waals surface area contributed by atoms with Crippen molar-refractivity contribution < 1.29 is 23.9 Å². The molecule has 1 aliphatic carbocycles. The molecular formula is C23H36O5. The second-order valence-electron chi connectivity index (χ2n) is 6.61. The molecule has 1 aliphatic heterocycles. The van der Waals surface area contributed by atoms with Crippen LogP contribution >= 0.6 is 0 Å². The summed E-state index contributed by atoms with van der Waals surface area (Å²) in [6.07, 6.45) is 9.19. The van der Waals surface area contributed by atoms with Crippen LogP contribution < -0.4 is 0 Å². The first-order valence-corrected chi connectivity index (χ1v) is 10.3. The lowest BCUT2D eigenvalue weighted by atomic mass is 9.91. The van der Waals surface area contributed by atoms with Gasteiger partial charge in [-0.2, -0.15) is 0 Å². The normalized spacial score (nSPS) is 18.0. The molecule has 158 valence electrons. The molecule has 1 saturated heterocycles. The molecule has 1 aromatic carbocycles. The molecule has 0 spiro atoms. The Hall–Kier alpha value is -2.17. The molecule has 1 heterocycles. The number of rotatable bonds is 2. The quantitative estimate of drug-likeness (QED) is 0.479. The van der Waals surface area contributed by atoms with Crippen LogP contribution in [0.15, 0.2) is 24.3 Å². The van der Waals surface area contributed by atoms with Gasteiger partial charge in [0.2, 0.25) is 0 Å². The van der Waals surface area contributed by atoms with Crippen molar-refractivity contribution in [3.8, 4) is 0 Å². The molecular weight excluding hydrogens is 356 g/mol. The van der Waals surface area contributed by atoms with Gasteiger partial charge in [0.05, 0.1) is 12.7 Å². The summed E-state index contributed by atoms with van der Waals surface area (Å²) in [5, 5.41) is 0. The number of carbonyl (C=O) groups is 3. The largest absolute Gasteiger partial charge is 0.465 e. The highest BCUT2D eigenvalue weighted by atomic mass is 16.5. The number of hydrogen-bond donors (Lipinski definition) is 0. The van der Waals surface area contributed by atoms with Crippen LogP contribution in [0.4, 0.5) is 0 Å². The first kappa shape index (κ1) is 25.8. The van der Waals surface area contributed by atoms with Gasteiger partial charge in [-0.15, -0.1) is 0 Å². The Labute approximate surface area is 169 Å². The zero-order chi connectivity index (χ0) is 21.4. The Morgan fingerprint density at radius 3 is 1.96 bits per heavy atom. The Morgan fingerprint density at radius 2 is 1.61 bits per heavy atom. The highest BCUT2D eigenvalue weighted by Gasteiger charge is 2.24. The molecule has 3 rings (SSSR count). The summed E-state index contributed by atoms with van der Waals surface area (Å²) in [7, 11) is 1.34. The Balaban J connectivity index is 0.000000504. The van der Waals surface area contributed by atoms with E-state index < -0.39 is 0 Å². The third-order valence-electron chi connectivity index (χ3n) is 4.48. The van der Waals surface area contributed by atoms with Gasteiger partial charge >= 0.3 is 11.9 Å². The second kappa shape index (κ2) is 15.8. The molecule has 0 amide bonds. The van der Waals surface area contributed by atoms with Crippen molar-refractivity contribution in [2.45, 2.75) is 78.7 Å². The van der Waals surface area contributed by atoms with Crippen molar-refractivity contribution in [2.24, 2.45) is 5.92 Å². The molecule has 1 atom stereocenters. The zero-order valence-corrected chi connectivity index (χ0v) is 18.0. The van der Waals surface area contributed by atoms with E-state index in [2.05, 4.69) is 11.7 Å². The minimum atomic E-state index is -0.366. The molecule has 0 aromatic heterocycles. The predicted molar refractivity (Wildman–Crippen MR) is 111 cm³/mol. The molecule has 2 fully saturated rings. The maximum Gasteiger partial charge on any atom is 0.337 e. The molecule has 5 nitrogen and oxygen atoms in total. The average molecular weight is 393 g/mol. The lowest BCUT2D eigenvalue weighted by molar-refractivity contribution is -0.141. The smallest absolute Gasteiger partial charge is 0.337 e. The van der Waals surface area contributed by atoms with Gasteiger partial charge < -0.3 is 14.3 Å². The number of cyclic esters (lactones) is 1. The lowest BCUT2D eigenvalue weighted by Gasteiger charge is -2.15. The van der Waals surface area contributed by atoms with Crippen molar-refractivity contribution in [3.05, 3.63) is 35.4 Å². The maximum atomic E-state index is 11.2. The lowest BCUT2D eigenvalue weighted by Crippen LogP contribution is -2.02. The van der Waals surface area contributed by atoms with Gasteiger partial charge in [0.1, 0.15) is 12.4 Å². The Bertz CT molecular complexity index is 559. The molecule has 1 saturated carbocycles. The third-order valence-corrected chi connectivity index (χ3v) is 4.48. The molecule has 0 bridgehead atoms. The number of carbonyl (C=O) groups excluding carboxylic acids is 3. The van der Waals surface area contributed by atoms with E-state index in [0.29, 0.717) is 18.4 Å². The molecule has 0 N–H and O–H groups in total. The van der Waals surface area contributed by atoms with E-state index in [1.165, 1.54) is 46.1 Å². The summed E-state index contributed by atoms with van der Waals surface area (Å²) < 4.78 is 9.71. The first-order chi connectivity index (χ1) is 13.5. The number of ether oxygens (including phenoxy) is 2. The number of aldehydes is 1. The van der Waals surface area contributed by atoms with Gasteiger partial charge in [-0.1, -0.05) is 65.0 Å². The van der Waals surface area contributed by atoms with Crippen LogP contribution in [0.2, 0.25) is 0 Å². The van der Waals surface area contributed by atoms with E-state index in [9.17, 15) is 9.59 Å². The van der Waals surface area contributed by atoms with E-state index in [1.807, 2.05) is 13.8 Å². The van der Waals surface area contributed by atoms with Gasteiger partial charge in [-0.3, -0.25) is 4.79 Å². The highest BCUT2D eigenvalue weighted by molar-refractivity contribution is 5.89. The monoisotopic (exact) mass is 392 g/mol. The summed E-state index contributed by atoms with van der Waals surface area (Å²) >= 11 is 0. The van der Waals surface area contributed by atoms with Crippen LogP contribution in [0.3, 0.4) is 0 Å². The number of hydrogen-bond acceptors (Lipinski definition) is 5. The van der Waals surface area contributed by atoms with E-state index in [0.717, 1.165) is 17.8 Å². The van der Waals surface area contributed by atoms with E-state index in [4.69, 9.17) is 9.53 Å². The standard InChI is InChI=1S/C12H12O4.C7H14.C2H4O.C2H6/c1-15-12(14)9-4-2-8(3-5-9)10-6-7-11(13)16-10;1-7-5-3-2-4-6-7;1-2-3;1-2/h2-5,10H,6-7H2,1H3;7H,2-6H2,1H3;2H,1H3;1-2H3/t10-;;;/m0.../s1. The van der Waals surface area contributed by atoms with Crippen molar-refractivity contribution in [1.29, 1.82) is 0 Å². The van der Waals surface area contributed by atoms with Crippen LogP contribution in [-0.2, 0) is 19.1 Å². The summed E-state index contributed by atoms with van der Waals surface area (Å²) in [5.41, 5.74) is 1.41. The number of esters is 2. The Kier molecular flexibility index (Phi) is 14.6.